The fourth-order valence-corrected chi connectivity index (χ4v) is 1.26. The number of nitro groups is 1. The average molecular weight is 237 g/mol. The molecule has 1 atom stereocenters. The highest BCUT2D eigenvalue weighted by molar-refractivity contribution is 5.96. The van der Waals surface area contributed by atoms with Crippen molar-refractivity contribution in [2.75, 3.05) is 5.32 Å². The maximum Gasteiger partial charge on any atom is 0.292 e. The number of rotatable bonds is 4. The number of anilines is 1. The minimum absolute atomic E-state index is 0.0298. The van der Waals surface area contributed by atoms with E-state index in [2.05, 4.69) is 5.32 Å². The number of carbonyl (C=O) groups excluding carboxylic acids is 1. The van der Waals surface area contributed by atoms with Crippen molar-refractivity contribution in [2.45, 2.75) is 19.9 Å². The number of nitro benzene ring substituents is 1. The van der Waals surface area contributed by atoms with Gasteiger partial charge in [-0.25, -0.2) is 0 Å². The second-order valence-electron chi connectivity index (χ2n) is 4.03. The lowest BCUT2D eigenvalue weighted by Crippen LogP contribution is -2.39. The monoisotopic (exact) mass is 237 g/mol. The predicted octanol–water partition coefficient (Wildman–Crippen LogP) is 1.52. The molecule has 0 saturated carbocycles. The highest BCUT2D eigenvalue weighted by Gasteiger charge is 2.20. The molecule has 92 valence electrons. The lowest BCUT2D eigenvalue weighted by Gasteiger charge is -2.15. The van der Waals surface area contributed by atoms with Crippen LogP contribution in [0.2, 0.25) is 0 Å². The van der Waals surface area contributed by atoms with Crippen molar-refractivity contribution in [3.8, 4) is 0 Å². The van der Waals surface area contributed by atoms with E-state index in [0.29, 0.717) is 0 Å². The number of hydrogen-bond acceptors (Lipinski definition) is 4. The van der Waals surface area contributed by atoms with Gasteiger partial charge >= 0.3 is 0 Å². The Morgan fingerprint density at radius 1 is 1.41 bits per heavy atom. The smallest absolute Gasteiger partial charge is 0.292 e. The number of para-hydroxylation sites is 2. The molecule has 0 bridgehead atoms. The Morgan fingerprint density at radius 2 is 2.00 bits per heavy atom. The van der Waals surface area contributed by atoms with Gasteiger partial charge in [0.15, 0.2) is 0 Å². The standard InChI is InChI=1S/C11H15N3O3/c1-7(2)10(12)11(15)13-8-5-3-4-6-9(8)14(16)17/h3-7,10H,12H2,1-2H3,(H,13,15)/t10-/m0/s1. The molecule has 0 unspecified atom stereocenters. The molecule has 0 saturated heterocycles. The van der Waals surface area contributed by atoms with Crippen LogP contribution in [0.3, 0.4) is 0 Å². The molecule has 17 heavy (non-hydrogen) atoms. The van der Waals surface area contributed by atoms with E-state index in [1.54, 1.807) is 6.07 Å². The number of nitrogens with zero attached hydrogens (tertiary/aromatic N) is 1. The summed E-state index contributed by atoms with van der Waals surface area (Å²) in [5.41, 5.74) is 5.68. The summed E-state index contributed by atoms with van der Waals surface area (Å²) < 4.78 is 0. The maximum atomic E-state index is 11.7. The molecular formula is C11H15N3O3. The van der Waals surface area contributed by atoms with Crippen LogP contribution in [-0.2, 0) is 4.79 Å². The topological polar surface area (TPSA) is 98.3 Å². The number of nitrogens with two attached hydrogens (primary N) is 1. The van der Waals surface area contributed by atoms with Crippen LogP contribution >= 0.6 is 0 Å². The van der Waals surface area contributed by atoms with Gasteiger partial charge in [0, 0.05) is 6.07 Å². The van der Waals surface area contributed by atoms with E-state index in [-0.39, 0.29) is 17.3 Å². The van der Waals surface area contributed by atoms with E-state index in [1.165, 1.54) is 18.2 Å². The Bertz CT molecular complexity index is 432. The quantitative estimate of drug-likeness (QED) is 0.612. The SMILES string of the molecule is CC(C)[C@H](N)C(=O)Nc1ccccc1[N+](=O)[O-]. The largest absolute Gasteiger partial charge is 0.320 e. The lowest BCUT2D eigenvalue weighted by molar-refractivity contribution is -0.383. The Morgan fingerprint density at radius 3 is 2.53 bits per heavy atom. The summed E-state index contributed by atoms with van der Waals surface area (Å²) in [7, 11) is 0. The van der Waals surface area contributed by atoms with Crippen molar-refractivity contribution < 1.29 is 9.72 Å². The van der Waals surface area contributed by atoms with Crippen LogP contribution in [0.15, 0.2) is 24.3 Å². The Kier molecular flexibility index (Phi) is 4.17. The average Bonchev–Trinajstić information content (AvgIpc) is 2.28. The third kappa shape index (κ3) is 3.25. The zero-order valence-electron chi connectivity index (χ0n) is 9.71. The number of carbonyl (C=O) groups is 1. The van der Waals surface area contributed by atoms with E-state index in [0.717, 1.165) is 0 Å². The molecule has 0 spiro atoms. The number of benzene rings is 1. The van der Waals surface area contributed by atoms with Crippen LogP contribution in [0.1, 0.15) is 13.8 Å². The summed E-state index contributed by atoms with van der Waals surface area (Å²) in [6.07, 6.45) is 0. The molecule has 0 heterocycles. The van der Waals surface area contributed by atoms with Gasteiger partial charge in [-0.2, -0.15) is 0 Å². The molecular weight excluding hydrogens is 222 g/mol. The summed E-state index contributed by atoms with van der Waals surface area (Å²) in [4.78, 5) is 21.9. The highest BCUT2D eigenvalue weighted by Crippen LogP contribution is 2.23. The normalized spacial score (nSPS) is 12.2. The van der Waals surface area contributed by atoms with Crippen LogP contribution in [0.25, 0.3) is 0 Å². The van der Waals surface area contributed by atoms with Gasteiger partial charge in [0.25, 0.3) is 5.69 Å². The molecule has 0 aliphatic heterocycles. The second kappa shape index (κ2) is 5.40. The van der Waals surface area contributed by atoms with Crippen LogP contribution < -0.4 is 11.1 Å². The van der Waals surface area contributed by atoms with Gasteiger partial charge in [-0.15, -0.1) is 0 Å². The van der Waals surface area contributed by atoms with E-state index >= 15 is 0 Å². The molecule has 0 radical (unpaired) electrons. The molecule has 1 rings (SSSR count). The van der Waals surface area contributed by atoms with Crippen LogP contribution in [-0.4, -0.2) is 16.9 Å². The first-order valence-corrected chi connectivity index (χ1v) is 5.23. The molecule has 0 aromatic heterocycles. The van der Waals surface area contributed by atoms with Gasteiger partial charge in [-0.05, 0) is 12.0 Å². The molecule has 1 aromatic rings. The molecule has 3 N–H and O–H groups in total. The molecule has 1 aromatic carbocycles. The van der Waals surface area contributed by atoms with Crippen molar-refractivity contribution >= 4 is 17.3 Å². The van der Waals surface area contributed by atoms with Crippen molar-refractivity contribution in [3.05, 3.63) is 34.4 Å². The van der Waals surface area contributed by atoms with Crippen molar-refractivity contribution in [1.29, 1.82) is 0 Å². The molecule has 6 heteroatoms. The Balaban J connectivity index is 2.89. The van der Waals surface area contributed by atoms with Crippen LogP contribution in [0.5, 0.6) is 0 Å². The van der Waals surface area contributed by atoms with Gasteiger partial charge in [0.2, 0.25) is 5.91 Å². The summed E-state index contributed by atoms with van der Waals surface area (Å²) >= 11 is 0. The zero-order valence-corrected chi connectivity index (χ0v) is 9.71. The van der Waals surface area contributed by atoms with E-state index < -0.39 is 16.9 Å². The van der Waals surface area contributed by atoms with E-state index in [9.17, 15) is 14.9 Å². The van der Waals surface area contributed by atoms with E-state index in [4.69, 9.17) is 5.73 Å². The first kappa shape index (κ1) is 13.1. The summed E-state index contributed by atoms with van der Waals surface area (Å²) in [6, 6.07) is 5.27. The van der Waals surface area contributed by atoms with Gasteiger partial charge < -0.3 is 11.1 Å². The second-order valence-corrected chi connectivity index (χ2v) is 4.03. The zero-order chi connectivity index (χ0) is 13.0. The molecule has 0 aliphatic rings. The first-order chi connectivity index (χ1) is 7.93. The fraction of sp³-hybridized carbons (Fsp3) is 0.364. The van der Waals surface area contributed by atoms with Crippen molar-refractivity contribution in [1.82, 2.24) is 0 Å². The van der Waals surface area contributed by atoms with Gasteiger partial charge in [0.1, 0.15) is 5.69 Å². The van der Waals surface area contributed by atoms with Gasteiger partial charge in [0.05, 0.1) is 11.0 Å². The molecule has 0 fully saturated rings. The minimum Gasteiger partial charge on any atom is -0.320 e. The van der Waals surface area contributed by atoms with Crippen molar-refractivity contribution in [2.24, 2.45) is 11.7 Å². The van der Waals surface area contributed by atoms with Crippen molar-refractivity contribution in [3.63, 3.8) is 0 Å². The summed E-state index contributed by atoms with van der Waals surface area (Å²) in [5, 5.41) is 13.2. The molecule has 0 aliphatic carbocycles. The number of amides is 1. The molecule has 6 nitrogen and oxygen atoms in total. The maximum absolute atomic E-state index is 11.7. The third-order valence-corrected chi connectivity index (χ3v) is 2.38. The number of hydrogen-bond donors (Lipinski definition) is 2. The first-order valence-electron chi connectivity index (χ1n) is 5.23. The third-order valence-electron chi connectivity index (χ3n) is 2.38. The lowest BCUT2D eigenvalue weighted by atomic mass is 10.0. The van der Waals surface area contributed by atoms with Gasteiger partial charge in [-0.3, -0.25) is 14.9 Å². The fourth-order valence-electron chi connectivity index (χ4n) is 1.26. The van der Waals surface area contributed by atoms with Crippen LogP contribution in [0, 0.1) is 16.0 Å². The highest BCUT2D eigenvalue weighted by atomic mass is 16.6. The predicted molar refractivity (Wildman–Crippen MR) is 64.5 cm³/mol. The number of nitrogens with one attached hydrogen (secondary N) is 1. The summed E-state index contributed by atoms with van der Waals surface area (Å²) in [6.45, 7) is 3.62. The Labute approximate surface area is 99.0 Å². The van der Waals surface area contributed by atoms with Crippen LogP contribution in [0.4, 0.5) is 11.4 Å². The minimum atomic E-state index is -0.685. The summed E-state index contributed by atoms with van der Waals surface area (Å²) in [5.74, 6) is -0.452. The van der Waals surface area contributed by atoms with Gasteiger partial charge in [-0.1, -0.05) is 26.0 Å². The van der Waals surface area contributed by atoms with E-state index in [1.807, 2.05) is 13.8 Å². The molecule has 1 amide bonds. The Hall–Kier alpha value is -1.95.